The molecule has 2 aromatic carbocycles. The van der Waals surface area contributed by atoms with Gasteiger partial charge in [-0.3, -0.25) is 4.79 Å². The Morgan fingerprint density at radius 2 is 1.57 bits per heavy atom. The number of rotatable bonds is 5. The molecule has 0 fully saturated rings. The van der Waals surface area contributed by atoms with Gasteiger partial charge in [-0.2, -0.15) is 0 Å². The van der Waals surface area contributed by atoms with Crippen molar-refractivity contribution >= 4 is 24.0 Å². The van der Waals surface area contributed by atoms with Crippen LogP contribution in [0.1, 0.15) is 43.9 Å². The van der Waals surface area contributed by atoms with Gasteiger partial charge >= 0.3 is 0 Å². The number of amides is 1. The zero-order chi connectivity index (χ0) is 16.1. The first-order valence-corrected chi connectivity index (χ1v) is 7.70. The molecule has 2 rings (SSSR count). The Hall–Kier alpha value is -1.84. The molecule has 2 unspecified atom stereocenters. The minimum Gasteiger partial charge on any atom is -0.326 e. The van der Waals surface area contributed by atoms with E-state index in [1.54, 1.807) is 0 Å². The Morgan fingerprint density at radius 1 is 0.957 bits per heavy atom. The van der Waals surface area contributed by atoms with Crippen LogP contribution in [0.4, 0.5) is 5.69 Å². The van der Waals surface area contributed by atoms with Gasteiger partial charge in [0.05, 0.1) is 5.92 Å². The van der Waals surface area contributed by atoms with E-state index in [-0.39, 0.29) is 30.3 Å². The van der Waals surface area contributed by atoms with Crippen LogP contribution in [0.25, 0.3) is 0 Å². The molecule has 0 radical (unpaired) electrons. The molecule has 0 aliphatic carbocycles. The predicted octanol–water partition coefficient (Wildman–Crippen LogP) is 4.51. The largest absolute Gasteiger partial charge is 0.326 e. The summed E-state index contributed by atoms with van der Waals surface area (Å²) < 4.78 is 0. The van der Waals surface area contributed by atoms with E-state index in [4.69, 9.17) is 5.73 Å². The number of nitrogens with one attached hydrogen (secondary N) is 1. The van der Waals surface area contributed by atoms with Crippen molar-refractivity contribution in [3.05, 3.63) is 65.7 Å². The van der Waals surface area contributed by atoms with Crippen LogP contribution in [0.2, 0.25) is 0 Å². The van der Waals surface area contributed by atoms with E-state index < -0.39 is 0 Å². The second-order valence-electron chi connectivity index (χ2n) is 5.99. The van der Waals surface area contributed by atoms with Crippen LogP contribution in [-0.2, 0) is 4.79 Å². The summed E-state index contributed by atoms with van der Waals surface area (Å²) in [7, 11) is 0. The van der Waals surface area contributed by atoms with Gasteiger partial charge in [-0.05, 0) is 29.2 Å². The maximum absolute atomic E-state index is 12.4. The summed E-state index contributed by atoms with van der Waals surface area (Å²) in [5.74, 6) is 0.0724. The number of hydrogen-bond donors (Lipinski definition) is 2. The van der Waals surface area contributed by atoms with E-state index in [2.05, 4.69) is 25.2 Å². The average molecular weight is 333 g/mol. The first kappa shape index (κ1) is 19.2. The molecule has 4 heteroatoms. The maximum atomic E-state index is 12.4. The normalized spacial score (nSPS) is 13.1. The first-order valence-electron chi connectivity index (χ1n) is 7.70. The van der Waals surface area contributed by atoms with Gasteiger partial charge in [-0.1, -0.05) is 63.2 Å². The Balaban J connectivity index is 0.00000264. The maximum Gasteiger partial charge on any atom is 0.229 e. The van der Waals surface area contributed by atoms with E-state index in [1.165, 1.54) is 5.56 Å². The lowest BCUT2D eigenvalue weighted by atomic mass is 9.94. The van der Waals surface area contributed by atoms with Gasteiger partial charge in [0.2, 0.25) is 5.91 Å². The van der Waals surface area contributed by atoms with Gasteiger partial charge in [0.25, 0.3) is 0 Å². The summed E-state index contributed by atoms with van der Waals surface area (Å²) in [6, 6.07) is 17.4. The molecule has 0 heterocycles. The van der Waals surface area contributed by atoms with Gasteiger partial charge in [0.1, 0.15) is 0 Å². The standard InChI is InChI=1S/C19H24N2O.ClH/c1-13(2)16-10-7-11-17(12-16)21-19(22)14(3)18(20)15-8-5-4-6-9-15;/h4-14,18H,20H2,1-3H3,(H,21,22);1H. The number of anilines is 1. The van der Waals surface area contributed by atoms with Gasteiger partial charge in [0.15, 0.2) is 0 Å². The molecule has 3 N–H and O–H groups in total. The van der Waals surface area contributed by atoms with E-state index in [9.17, 15) is 4.79 Å². The summed E-state index contributed by atoms with van der Waals surface area (Å²) in [5, 5.41) is 2.97. The second kappa shape index (κ2) is 8.70. The van der Waals surface area contributed by atoms with Crippen LogP contribution >= 0.6 is 12.4 Å². The van der Waals surface area contributed by atoms with Crippen molar-refractivity contribution in [2.75, 3.05) is 5.32 Å². The smallest absolute Gasteiger partial charge is 0.229 e. The topological polar surface area (TPSA) is 55.1 Å². The molecule has 2 atom stereocenters. The highest BCUT2D eigenvalue weighted by Crippen LogP contribution is 2.22. The van der Waals surface area contributed by atoms with Crippen molar-refractivity contribution in [1.29, 1.82) is 0 Å². The van der Waals surface area contributed by atoms with Crippen LogP contribution in [0.3, 0.4) is 0 Å². The number of carbonyl (C=O) groups is 1. The van der Waals surface area contributed by atoms with Crippen molar-refractivity contribution in [1.82, 2.24) is 0 Å². The van der Waals surface area contributed by atoms with E-state index in [0.717, 1.165) is 11.3 Å². The molecule has 23 heavy (non-hydrogen) atoms. The van der Waals surface area contributed by atoms with E-state index in [0.29, 0.717) is 5.92 Å². The minimum atomic E-state index is -0.311. The third-order valence-corrected chi connectivity index (χ3v) is 3.96. The fourth-order valence-electron chi connectivity index (χ4n) is 2.36. The lowest BCUT2D eigenvalue weighted by Crippen LogP contribution is -2.30. The lowest BCUT2D eigenvalue weighted by molar-refractivity contribution is -0.120. The molecule has 3 nitrogen and oxygen atoms in total. The second-order valence-corrected chi connectivity index (χ2v) is 5.99. The quantitative estimate of drug-likeness (QED) is 0.846. The number of benzene rings is 2. The zero-order valence-electron chi connectivity index (χ0n) is 13.8. The van der Waals surface area contributed by atoms with Crippen LogP contribution in [0.15, 0.2) is 54.6 Å². The van der Waals surface area contributed by atoms with Crippen LogP contribution in [0.5, 0.6) is 0 Å². The Labute approximate surface area is 144 Å². The van der Waals surface area contributed by atoms with Gasteiger partial charge in [-0.25, -0.2) is 0 Å². The lowest BCUT2D eigenvalue weighted by Gasteiger charge is -2.20. The molecule has 1 amide bonds. The Bertz CT molecular complexity index is 628. The van der Waals surface area contributed by atoms with Crippen LogP contribution < -0.4 is 11.1 Å². The molecule has 0 saturated carbocycles. The monoisotopic (exact) mass is 332 g/mol. The summed E-state index contributed by atoms with van der Waals surface area (Å²) in [6.07, 6.45) is 0. The SMILES string of the molecule is CC(C)c1cccc(NC(=O)C(C)C(N)c2ccccc2)c1.Cl. The fourth-order valence-corrected chi connectivity index (χ4v) is 2.36. The third-order valence-electron chi connectivity index (χ3n) is 3.96. The highest BCUT2D eigenvalue weighted by molar-refractivity contribution is 5.93. The van der Waals surface area contributed by atoms with E-state index >= 15 is 0 Å². The van der Waals surface area contributed by atoms with E-state index in [1.807, 2.05) is 55.5 Å². The molecule has 0 aromatic heterocycles. The number of nitrogens with two attached hydrogens (primary N) is 1. The predicted molar refractivity (Wildman–Crippen MR) is 98.9 cm³/mol. The molecular weight excluding hydrogens is 308 g/mol. The highest BCUT2D eigenvalue weighted by atomic mass is 35.5. The molecule has 0 aliphatic rings. The molecule has 0 spiro atoms. The summed E-state index contributed by atoms with van der Waals surface area (Å²) >= 11 is 0. The van der Waals surface area contributed by atoms with Crippen molar-refractivity contribution in [3.63, 3.8) is 0 Å². The van der Waals surface area contributed by atoms with Crippen molar-refractivity contribution < 1.29 is 4.79 Å². The number of hydrogen-bond acceptors (Lipinski definition) is 2. The number of halogens is 1. The minimum absolute atomic E-state index is 0. The molecule has 124 valence electrons. The van der Waals surface area contributed by atoms with Gasteiger partial charge < -0.3 is 11.1 Å². The van der Waals surface area contributed by atoms with Crippen LogP contribution in [0, 0.1) is 5.92 Å². The van der Waals surface area contributed by atoms with Gasteiger partial charge in [0, 0.05) is 11.7 Å². The van der Waals surface area contributed by atoms with Gasteiger partial charge in [-0.15, -0.1) is 12.4 Å². The fraction of sp³-hybridized carbons (Fsp3) is 0.316. The van der Waals surface area contributed by atoms with Crippen molar-refractivity contribution in [3.8, 4) is 0 Å². The molecule has 0 aliphatic heterocycles. The highest BCUT2D eigenvalue weighted by Gasteiger charge is 2.22. The average Bonchev–Trinajstić information content (AvgIpc) is 2.54. The first-order chi connectivity index (χ1) is 10.5. The van der Waals surface area contributed by atoms with Crippen molar-refractivity contribution in [2.24, 2.45) is 11.7 Å². The Kier molecular flexibility index (Phi) is 7.27. The Morgan fingerprint density at radius 3 is 2.17 bits per heavy atom. The summed E-state index contributed by atoms with van der Waals surface area (Å²) in [4.78, 5) is 12.4. The molecular formula is C19H25ClN2O. The molecule has 2 aromatic rings. The molecule has 0 bridgehead atoms. The van der Waals surface area contributed by atoms with Crippen molar-refractivity contribution in [2.45, 2.75) is 32.7 Å². The summed E-state index contributed by atoms with van der Waals surface area (Å²) in [5.41, 5.74) is 9.21. The third kappa shape index (κ3) is 5.08. The zero-order valence-corrected chi connectivity index (χ0v) is 14.6. The van der Waals surface area contributed by atoms with Crippen LogP contribution in [-0.4, -0.2) is 5.91 Å². The number of carbonyl (C=O) groups excluding carboxylic acids is 1. The summed E-state index contributed by atoms with van der Waals surface area (Å²) in [6.45, 7) is 6.13. The molecule has 0 saturated heterocycles.